The highest BCUT2D eigenvalue weighted by molar-refractivity contribution is 6.43. The van der Waals surface area contributed by atoms with Gasteiger partial charge in [0.2, 0.25) is 0 Å². The molecule has 0 N–H and O–H groups in total. The molecule has 0 saturated heterocycles. The Bertz CT molecular complexity index is 3780. The third-order valence-electron chi connectivity index (χ3n) is 14.3. The molecule has 0 nitrogen and oxygen atoms in total. The van der Waals surface area contributed by atoms with Gasteiger partial charge in [0.1, 0.15) is 0 Å². The Kier molecular flexibility index (Phi) is 8.76. The zero-order valence-electron chi connectivity index (χ0n) is 36.9. The number of hydrogen-bond donors (Lipinski definition) is 0. The molecular formula is C66H44. The Hall–Kier alpha value is -8.32. The van der Waals surface area contributed by atoms with Crippen molar-refractivity contribution in [1.82, 2.24) is 0 Å². The fraction of sp³-hybridized carbons (Fsp3) is 0.0303. The number of allylic oxidation sites excluding steroid dienone is 5. The highest BCUT2D eigenvalue weighted by Crippen LogP contribution is 2.65. The Morgan fingerprint density at radius 1 is 0.197 bits per heavy atom. The van der Waals surface area contributed by atoms with E-state index in [1.54, 1.807) is 0 Å². The molecule has 0 aliphatic heterocycles. The first-order chi connectivity index (χ1) is 32.7. The van der Waals surface area contributed by atoms with E-state index in [1.807, 2.05) is 0 Å². The number of fused-ring (bicyclic) bond motifs is 7. The lowest BCUT2D eigenvalue weighted by molar-refractivity contribution is 1.34. The third kappa shape index (κ3) is 5.65. The minimum atomic E-state index is 1.21. The van der Waals surface area contributed by atoms with Crippen LogP contribution in [0, 0.1) is 13.8 Å². The zero-order valence-corrected chi connectivity index (χ0v) is 36.9. The molecule has 11 aromatic rings. The van der Waals surface area contributed by atoms with Crippen LogP contribution in [-0.2, 0) is 0 Å². The van der Waals surface area contributed by atoms with E-state index in [0.717, 1.165) is 0 Å². The second-order valence-corrected chi connectivity index (χ2v) is 17.9. The maximum Gasteiger partial charge on any atom is -0.0000717 e. The van der Waals surface area contributed by atoms with Crippen LogP contribution >= 0.6 is 0 Å². The van der Waals surface area contributed by atoms with Crippen LogP contribution in [0.2, 0.25) is 0 Å². The zero-order chi connectivity index (χ0) is 43.9. The topological polar surface area (TPSA) is 0 Å². The molecule has 2 aliphatic carbocycles. The van der Waals surface area contributed by atoms with Gasteiger partial charge in [-0.25, -0.2) is 0 Å². The monoisotopic (exact) mass is 836 g/mol. The van der Waals surface area contributed by atoms with Crippen LogP contribution in [0.3, 0.4) is 0 Å². The largest absolute Gasteiger partial charge is 0.0622 e. The van der Waals surface area contributed by atoms with Crippen molar-refractivity contribution in [2.24, 2.45) is 0 Å². The number of benzene rings is 11. The summed E-state index contributed by atoms with van der Waals surface area (Å²) in [5.41, 5.74) is 23.0. The van der Waals surface area contributed by atoms with E-state index >= 15 is 0 Å². The summed E-state index contributed by atoms with van der Waals surface area (Å²) in [6.45, 7) is 4.81. The lowest BCUT2D eigenvalue weighted by Gasteiger charge is -2.25. The normalized spacial score (nSPS) is 13.4. The molecule has 0 heteroatoms. The minimum Gasteiger partial charge on any atom is -0.0622 e. The first-order valence-electron chi connectivity index (χ1n) is 23.1. The van der Waals surface area contributed by atoms with Crippen LogP contribution in [-0.4, -0.2) is 0 Å². The molecule has 0 spiro atoms. The van der Waals surface area contributed by atoms with Crippen molar-refractivity contribution in [1.29, 1.82) is 0 Å². The summed E-state index contributed by atoms with van der Waals surface area (Å²) in [6, 6.07) is 85.6. The highest BCUT2D eigenvalue weighted by atomic mass is 14.5. The van der Waals surface area contributed by atoms with Crippen molar-refractivity contribution in [2.45, 2.75) is 13.8 Å². The molecule has 0 bridgehead atoms. The van der Waals surface area contributed by atoms with Crippen molar-refractivity contribution in [2.75, 3.05) is 0 Å². The summed E-state index contributed by atoms with van der Waals surface area (Å²) < 4.78 is 0. The Morgan fingerprint density at radius 2 is 0.470 bits per heavy atom. The summed E-state index contributed by atoms with van der Waals surface area (Å²) in [6.07, 6.45) is 0. The average molecular weight is 837 g/mol. The fourth-order valence-corrected chi connectivity index (χ4v) is 11.7. The van der Waals surface area contributed by atoms with Gasteiger partial charge in [-0.3, -0.25) is 0 Å². The van der Waals surface area contributed by atoms with Crippen LogP contribution in [0.25, 0.3) is 93.2 Å². The molecule has 11 aromatic carbocycles. The van der Waals surface area contributed by atoms with Gasteiger partial charge in [-0.15, -0.1) is 0 Å². The SMILES string of the molecule is Cc1c2c(c(C)c(-c3ccccc3)c1-c1ccccc1)C(c1c3ccccc3cc3ccccc13)=C1C(c3ccccc3)=C(c3ccccc3)C(c3c4ccccc4cc4ccccc34)=C12. The lowest BCUT2D eigenvalue weighted by Crippen LogP contribution is -2.04. The maximum atomic E-state index is 2.41. The van der Waals surface area contributed by atoms with Gasteiger partial charge in [0.15, 0.2) is 0 Å². The second kappa shape index (κ2) is 15.2. The maximum absolute atomic E-state index is 2.41. The summed E-state index contributed by atoms with van der Waals surface area (Å²) in [4.78, 5) is 0. The summed E-state index contributed by atoms with van der Waals surface area (Å²) in [7, 11) is 0. The van der Waals surface area contributed by atoms with Crippen LogP contribution in [0.4, 0.5) is 0 Å². The molecule has 13 rings (SSSR count). The molecule has 0 unspecified atom stereocenters. The third-order valence-corrected chi connectivity index (χ3v) is 14.3. The molecule has 0 saturated carbocycles. The summed E-state index contributed by atoms with van der Waals surface area (Å²) >= 11 is 0. The van der Waals surface area contributed by atoms with Crippen LogP contribution in [0.1, 0.15) is 44.5 Å². The number of hydrogen-bond acceptors (Lipinski definition) is 0. The highest BCUT2D eigenvalue weighted by Gasteiger charge is 2.44. The van der Waals surface area contributed by atoms with E-state index in [1.165, 1.54) is 143 Å². The molecule has 0 amide bonds. The summed E-state index contributed by atoms with van der Waals surface area (Å²) in [5.74, 6) is 0. The van der Waals surface area contributed by atoms with Gasteiger partial charge in [-0.05, 0) is 169 Å². The first-order valence-corrected chi connectivity index (χ1v) is 23.1. The molecule has 66 heavy (non-hydrogen) atoms. The van der Waals surface area contributed by atoms with Gasteiger partial charge >= 0.3 is 0 Å². The van der Waals surface area contributed by atoms with Gasteiger partial charge in [0, 0.05) is 0 Å². The van der Waals surface area contributed by atoms with Crippen molar-refractivity contribution in [3.05, 3.63) is 281 Å². The molecule has 0 radical (unpaired) electrons. The summed E-state index contributed by atoms with van der Waals surface area (Å²) in [5, 5.41) is 9.98. The minimum absolute atomic E-state index is 1.21. The molecule has 0 heterocycles. The van der Waals surface area contributed by atoms with Crippen LogP contribution in [0.5, 0.6) is 0 Å². The molecule has 2 aliphatic rings. The molecular weight excluding hydrogens is 793 g/mol. The van der Waals surface area contributed by atoms with E-state index in [4.69, 9.17) is 0 Å². The van der Waals surface area contributed by atoms with Gasteiger partial charge < -0.3 is 0 Å². The van der Waals surface area contributed by atoms with Crippen molar-refractivity contribution < 1.29 is 0 Å². The van der Waals surface area contributed by atoms with E-state index in [-0.39, 0.29) is 0 Å². The van der Waals surface area contributed by atoms with Crippen LogP contribution < -0.4 is 0 Å². The van der Waals surface area contributed by atoms with Crippen molar-refractivity contribution >= 4 is 71.0 Å². The fourth-order valence-electron chi connectivity index (χ4n) is 11.7. The molecule has 0 atom stereocenters. The van der Waals surface area contributed by atoms with Gasteiger partial charge in [0.05, 0.1) is 0 Å². The molecule has 0 fully saturated rings. The van der Waals surface area contributed by atoms with E-state index in [9.17, 15) is 0 Å². The van der Waals surface area contributed by atoms with Gasteiger partial charge in [0.25, 0.3) is 0 Å². The Morgan fingerprint density at radius 3 is 0.848 bits per heavy atom. The van der Waals surface area contributed by atoms with Crippen LogP contribution in [0.15, 0.2) is 236 Å². The first kappa shape index (κ1) is 38.2. The van der Waals surface area contributed by atoms with E-state index in [0.29, 0.717) is 0 Å². The smallest absolute Gasteiger partial charge is 0.0000717 e. The lowest BCUT2D eigenvalue weighted by atomic mass is 9.77. The number of rotatable bonds is 6. The van der Waals surface area contributed by atoms with Crippen molar-refractivity contribution in [3.63, 3.8) is 0 Å². The van der Waals surface area contributed by atoms with Crippen molar-refractivity contribution in [3.8, 4) is 22.3 Å². The molecule has 0 aromatic heterocycles. The van der Waals surface area contributed by atoms with Gasteiger partial charge in [-0.2, -0.15) is 0 Å². The standard InChI is InChI=1S/C66H44/c1-41-55(43-23-7-3-8-24-43)56(44-25-9-4-10-26-44)42(2)58-57(41)63(61-51-35-19-15-31-47(51)39-48-32-16-20-36-52(48)61)66-60(46-29-13-6-14-30-46)59(45-27-11-5-12-28-45)65(64(58)66)62-53-37-21-17-33-49(53)40-50-34-18-22-38-54(50)62/h3-40H,1-2H3. The Labute approximate surface area is 385 Å². The predicted octanol–water partition coefficient (Wildman–Crippen LogP) is 17.6. The van der Waals surface area contributed by atoms with E-state index in [2.05, 4.69) is 244 Å². The van der Waals surface area contributed by atoms with Gasteiger partial charge in [-0.1, -0.05) is 218 Å². The predicted molar refractivity (Wildman–Crippen MR) is 282 cm³/mol. The van der Waals surface area contributed by atoms with E-state index < -0.39 is 0 Å². The Balaban J connectivity index is 1.35. The second-order valence-electron chi connectivity index (χ2n) is 17.9. The molecule has 308 valence electrons. The quantitative estimate of drug-likeness (QED) is 0.146. The average Bonchev–Trinajstić information content (AvgIpc) is 3.90.